The molecule has 2 N–H and O–H groups in total. The van der Waals surface area contributed by atoms with Crippen molar-refractivity contribution in [3.05, 3.63) is 35.7 Å². The second-order valence-electron chi connectivity index (χ2n) is 4.70. The van der Waals surface area contributed by atoms with Crippen LogP contribution >= 0.6 is 0 Å². The summed E-state index contributed by atoms with van der Waals surface area (Å²) >= 11 is 0. The van der Waals surface area contributed by atoms with Gasteiger partial charge in [0.1, 0.15) is 12.1 Å². The number of hydrogen-bond acceptors (Lipinski definition) is 4. The molecule has 1 aromatic heterocycles. The number of ether oxygens (including phenoxy) is 1. The number of aryl methyl sites for hydroxylation is 1. The first-order valence-electron chi connectivity index (χ1n) is 6.88. The third-order valence-electron chi connectivity index (χ3n) is 3.08. The van der Waals surface area contributed by atoms with Gasteiger partial charge < -0.3 is 14.9 Å². The van der Waals surface area contributed by atoms with Gasteiger partial charge in [0.15, 0.2) is 17.2 Å². The standard InChI is InChI=1S/C15H18F2N2O2/c1-2-3-4-13-19-11-5-6-12(14(17)15(11)21-13)20-9-10(7-16)8-18/h5-7H,2-4,8-9,18H2,1H3/b10-7+. The molecule has 0 radical (unpaired) electrons. The number of hydrogen-bond donors (Lipinski definition) is 1. The normalized spacial score (nSPS) is 12.1. The summed E-state index contributed by atoms with van der Waals surface area (Å²) in [7, 11) is 0. The van der Waals surface area contributed by atoms with E-state index in [-0.39, 0.29) is 30.1 Å². The van der Waals surface area contributed by atoms with Gasteiger partial charge >= 0.3 is 0 Å². The fourth-order valence-electron chi connectivity index (χ4n) is 1.84. The van der Waals surface area contributed by atoms with Gasteiger partial charge in [-0.2, -0.15) is 4.39 Å². The van der Waals surface area contributed by atoms with Crippen molar-refractivity contribution in [2.24, 2.45) is 5.73 Å². The van der Waals surface area contributed by atoms with Gasteiger partial charge in [-0.15, -0.1) is 0 Å². The predicted molar refractivity (Wildman–Crippen MR) is 76.3 cm³/mol. The lowest BCUT2D eigenvalue weighted by molar-refractivity contribution is 0.328. The van der Waals surface area contributed by atoms with Crippen molar-refractivity contribution in [2.45, 2.75) is 26.2 Å². The fraction of sp³-hybridized carbons (Fsp3) is 0.400. The molecule has 114 valence electrons. The number of benzene rings is 1. The average molecular weight is 296 g/mol. The van der Waals surface area contributed by atoms with Crippen molar-refractivity contribution in [1.29, 1.82) is 0 Å². The van der Waals surface area contributed by atoms with Crippen LogP contribution in [-0.4, -0.2) is 18.1 Å². The first-order chi connectivity index (χ1) is 10.2. The smallest absolute Gasteiger partial charge is 0.209 e. The minimum absolute atomic E-state index is 0.00603. The van der Waals surface area contributed by atoms with Crippen LogP contribution in [0.4, 0.5) is 8.78 Å². The maximum atomic E-state index is 14.3. The van der Waals surface area contributed by atoms with Crippen molar-refractivity contribution in [2.75, 3.05) is 13.2 Å². The number of aromatic nitrogens is 1. The zero-order valence-corrected chi connectivity index (χ0v) is 11.9. The highest BCUT2D eigenvalue weighted by atomic mass is 19.1. The van der Waals surface area contributed by atoms with Crippen LogP contribution in [0.25, 0.3) is 11.1 Å². The van der Waals surface area contributed by atoms with E-state index in [9.17, 15) is 8.78 Å². The minimum atomic E-state index is -0.627. The molecule has 1 heterocycles. The van der Waals surface area contributed by atoms with Crippen LogP contribution in [0.5, 0.6) is 5.75 Å². The third kappa shape index (κ3) is 3.58. The number of rotatable bonds is 7. The van der Waals surface area contributed by atoms with Crippen molar-refractivity contribution < 1.29 is 17.9 Å². The Morgan fingerprint density at radius 1 is 1.48 bits per heavy atom. The monoisotopic (exact) mass is 296 g/mol. The highest BCUT2D eigenvalue weighted by Crippen LogP contribution is 2.27. The van der Waals surface area contributed by atoms with Gasteiger partial charge in [-0.25, -0.2) is 9.37 Å². The summed E-state index contributed by atoms with van der Waals surface area (Å²) in [4.78, 5) is 4.23. The van der Waals surface area contributed by atoms with Crippen LogP contribution in [0.3, 0.4) is 0 Å². The second kappa shape index (κ2) is 7.17. The van der Waals surface area contributed by atoms with E-state index in [2.05, 4.69) is 11.9 Å². The highest BCUT2D eigenvalue weighted by molar-refractivity contribution is 5.75. The Bertz CT molecular complexity index is 638. The number of halogens is 2. The molecule has 0 atom stereocenters. The van der Waals surface area contributed by atoms with Crippen LogP contribution in [0.1, 0.15) is 25.7 Å². The number of nitrogens with two attached hydrogens (primary N) is 1. The molecule has 0 aliphatic rings. The van der Waals surface area contributed by atoms with Crippen LogP contribution < -0.4 is 10.5 Å². The Morgan fingerprint density at radius 2 is 2.29 bits per heavy atom. The van der Waals surface area contributed by atoms with Crippen LogP contribution in [0.15, 0.2) is 28.5 Å². The molecule has 0 fully saturated rings. The maximum absolute atomic E-state index is 14.3. The van der Waals surface area contributed by atoms with Gasteiger partial charge in [0, 0.05) is 18.5 Å². The molecular formula is C15H18F2N2O2. The summed E-state index contributed by atoms with van der Waals surface area (Å²) in [5.74, 6) is -0.124. The van der Waals surface area contributed by atoms with Gasteiger partial charge in [-0.1, -0.05) is 13.3 Å². The van der Waals surface area contributed by atoms with E-state index in [4.69, 9.17) is 14.9 Å². The van der Waals surface area contributed by atoms with E-state index >= 15 is 0 Å². The van der Waals surface area contributed by atoms with Crippen molar-refractivity contribution >= 4 is 11.1 Å². The lowest BCUT2D eigenvalue weighted by Crippen LogP contribution is -2.11. The first kappa shape index (κ1) is 15.4. The van der Waals surface area contributed by atoms with E-state index < -0.39 is 5.82 Å². The summed E-state index contributed by atoms with van der Waals surface area (Å²) in [6.07, 6.45) is 2.97. The maximum Gasteiger partial charge on any atom is 0.209 e. The number of oxazole rings is 1. The molecule has 0 amide bonds. The molecule has 2 rings (SSSR count). The quantitative estimate of drug-likeness (QED) is 0.849. The largest absolute Gasteiger partial charge is 0.486 e. The molecule has 2 aromatic rings. The Labute approximate surface area is 121 Å². The van der Waals surface area contributed by atoms with Gasteiger partial charge in [-0.3, -0.25) is 0 Å². The molecule has 0 aliphatic heterocycles. The van der Waals surface area contributed by atoms with E-state index in [0.29, 0.717) is 24.2 Å². The summed E-state index contributed by atoms with van der Waals surface area (Å²) in [5, 5.41) is 0. The summed E-state index contributed by atoms with van der Waals surface area (Å²) in [6, 6.07) is 3.07. The molecule has 0 spiro atoms. The molecule has 4 nitrogen and oxygen atoms in total. The SMILES string of the molecule is CCCCc1nc2ccc(OC/C(=C/F)CN)c(F)c2o1. The van der Waals surface area contributed by atoms with E-state index in [1.54, 1.807) is 6.07 Å². The van der Waals surface area contributed by atoms with Crippen LogP contribution in [-0.2, 0) is 6.42 Å². The third-order valence-corrected chi connectivity index (χ3v) is 3.08. The van der Waals surface area contributed by atoms with E-state index in [0.717, 1.165) is 12.8 Å². The van der Waals surface area contributed by atoms with Crippen molar-refractivity contribution in [3.63, 3.8) is 0 Å². The topological polar surface area (TPSA) is 61.3 Å². The molecule has 6 heteroatoms. The van der Waals surface area contributed by atoms with Crippen molar-refractivity contribution in [3.8, 4) is 5.75 Å². The average Bonchev–Trinajstić information content (AvgIpc) is 2.92. The molecule has 0 saturated heterocycles. The number of nitrogens with zero attached hydrogens (tertiary/aromatic N) is 1. The van der Waals surface area contributed by atoms with Gasteiger partial charge in [-0.05, 0) is 18.6 Å². The Kier molecular flexibility index (Phi) is 5.27. The zero-order chi connectivity index (χ0) is 15.2. The molecule has 21 heavy (non-hydrogen) atoms. The highest BCUT2D eigenvalue weighted by Gasteiger charge is 2.15. The Morgan fingerprint density at radius 3 is 2.95 bits per heavy atom. The molecule has 0 unspecified atom stereocenters. The molecule has 0 saturated carbocycles. The van der Waals surface area contributed by atoms with Crippen molar-refractivity contribution in [1.82, 2.24) is 4.98 Å². The zero-order valence-electron chi connectivity index (χ0n) is 11.9. The molecule has 0 bridgehead atoms. The van der Waals surface area contributed by atoms with Crippen LogP contribution in [0.2, 0.25) is 0 Å². The number of fused-ring (bicyclic) bond motifs is 1. The minimum Gasteiger partial charge on any atom is -0.486 e. The lowest BCUT2D eigenvalue weighted by atomic mass is 10.2. The Hall–Kier alpha value is -1.95. The molecule has 1 aromatic carbocycles. The molecular weight excluding hydrogens is 278 g/mol. The summed E-state index contributed by atoms with van der Waals surface area (Å²) < 4.78 is 37.3. The first-order valence-corrected chi connectivity index (χ1v) is 6.88. The fourth-order valence-corrected chi connectivity index (χ4v) is 1.84. The van der Waals surface area contributed by atoms with E-state index in [1.807, 2.05) is 0 Å². The summed E-state index contributed by atoms with van der Waals surface area (Å²) in [5.41, 5.74) is 6.08. The number of unbranched alkanes of at least 4 members (excludes halogenated alkanes) is 1. The van der Waals surface area contributed by atoms with E-state index in [1.165, 1.54) is 6.07 Å². The van der Waals surface area contributed by atoms with Gasteiger partial charge in [0.05, 0.1) is 6.33 Å². The summed E-state index contributed by atoms with van der Waals surface area (Å²) in [6.45, 7) is 1.97. The second-order valence-corrected chi connectivity index (χ2v) is 4.70. The Balaban J connectivity index is 2.20. The van der Waals surface area contributed by atoms with Crippen LogP contribution in [0, 0.1) is 5.82 Å². The lowest BCUT2D eigenvalue weighted by Gasteiger charge is -2.07. The van der Waals surface area contributed by atoms with Gasteiger partial charge in [0.25, 0.3) is 0 Å². The van der Waals surface area contributed by atoms with Gasteiger partial charge in [0.2, 0.25) is 5.82 Å². The predicted octanol–water partition coefficient (Wildman–Crippen LogP) is 3.50. The molecule has 0 aliphatic carbocycles.